The third-order valence-electron chi connectivity index (χ3n) is 5.01. The lowest BCUT2D eigenvalue weighted by atomic mass is 10.1. The van der Waals surface area contributed by atoms with E-state index in [9.17, 15) is 22.0 Å². The van der Waals surface area contributed by atoms with E-state index in [2.05, 4.69) is 9.88 Å². The molecule has 0 aliphatic carbocycles. The van der Waals surface area contributed by atoms with Crippen LogP contribution in [0.1, 0.15) is 18.1 Å². The van der Waals surface area contributed by atoms with Gasteiger partial charge in [0, 0.05) is 35.2 Å². The van der Waals surface area contributed by atoms with Crippen LogP contribution in [0.2, 0.25) is 5.02 Å². The Hall–Kier alpha value is -2.32. The van der Waals surface area contributed by atoms with Gasteiger partial charge in [-0.15, -0.1) is 0 Å². The number of hydrogen-bond acceptors (Lipinski definition) is 2. The van der Waals surface area contributed by atoms with E-state index in [4.69, 9.17) is 16.3 Å². The van der Waals surface area contributed by atoms with Gasteiger partial charge < -0.3 is 9.72 Å². The van der Waals surface area contributed by atoms with Crippen molar-refractivity contribution < 1.29 is 26.7 Å². The maximum Gasteiger partial charge on any atom is 0.456 e. The van der Waals surface area contributed by atoms with Crippen molar-refractivity contribution in [3.8, 4) is 5.75 Å². The minimum Gasteiger partial charge on any atom is -0.487 e. The SMILES string of the molecule is CCN(CCc1c[nH]c2cc(Cl)ccc12)Cc1cccc(OCC(F)(F)C(F)(F)F)c1. The molecule has 0 unspecified atom stereocenters. The third-order valence-corrected chi connectivity index (χ3v) is 5.25. The molecule has 9 heteroatoms. The predicted octanol–water partition coefficient (Wildman–Crippen LogP) is 6.46. The molecule has 0 saturated heterocycles. The Labute approximate surface area is 181 Å². The molecule has 31 heavy (non-hydrogen) atoms. The monoisotopic (exact) mass is 460 g/mol. The number of hydrogen-bond donors (Lipinski definition) is 1. The van der Waals surface area contributed by atoms with Gasteiger partial charge in [0.25, 0.3) is 0 Å². The van der Waals surface area contributed by atoms with Gasteiger partial charge in [0.1, 0.15) is 5.75 Å². The molecule has 0 radical (unpaired) electrons. The first kappa shape index (κ1) is 23.3. The largest absolute Gasteiger partial charge is 0.487 e. The fourth-order valence-corrected chi connectivity index (χ4v) is 3.41. The summed E-state index contributed by atoms with van der Waals surface area (Å²) in [5.41, 5.74) is 2.88. The van der Waals surface area contributed by atoms with Gasteiger partial charge in [0.2, 0.25) is 0 Å². The van der Waals surface area contributed by atoms with Crippen molar-refractivity contribution in [2.24, 2.45) is 0 Å². The Morgan fingerprint density at radius 3 is 2.55 bits per heavy atom. The zero-order valence-electron chi connectivity index (χ0n) is 16.8. The zero-order chi connectivity index (χ0) is 22.6. The second-order valence-electron chi connectivity index (χ2n) is 7.26. The molecule has 1 N–H and O–H groups in total. The molecule has 168 valence electrons. The van der Waals surface area contributed by atoms with Gasteiger partial charge in [-0.05, 0) is 48.4 Å². The highest BCUT2D eigenvalue weighted by molar-refractivity contribution is 6.31. The maximum absolute atomic E-state index is 13.1. The van der Waals surface area contributed by atoms with Crippen molar-refractivity contribution in [2.75, 3.05) is 19.7 Å². The van der Waals surface area contributed by atoms with Crippen LogP contribution in [0.3, 0.4) is 0 Å². The Bertz CT molecular complexity index is 1020. The van der Waals surface area contributed by atoms with E-state index < -0.39 is 18.7 Å². The number of H-pyrrole nitrogens is 1. The Morgan fingerprint density at radius 1 is 1.06 bits per heavy atom. The van der Waals surface area contributed by atoms with E-state index in [0.29, 0.717) is 11.6 Å². The molecular formula is C22H22ClF5N2O. The van der Waals surface area contributed by atoms with Gasteiger partial charge in [-0.1, -0.05) is 36.7 Å². The molecule has 0 saturated carbocycles. The number of likely N-dealkylation sites (N-methyl/N-ethyl adjacent to an activating group) is 1. The lowest BCUT2D eigenvalue weighted by Crippen LogP contribution is -2.41. The van der Waals surface area contributed by atoms with Gasteiger partial charge in [0.15, 0.2) is 6.61 Å². The first-order valence-electron chi connectivity index (χ1n) is 9.73. The standard InChI is InChI=1S/C22H22ClF5N2O/c1-2-30(9-8-16-12-29-20-11-17(23)6-7-19(16)20)13-15-4-3-5-18(10-15)31-14-21(24,25)22(26,27)28/h3-7,10-12,29H,2,8-9,13-14H2,1H3. The first-order chi connectivity index (χ1) is 14.6. The number of aromatic nitrogens is 1. The van der Waals surface area contributed by atoms with Crippen molar-refractivity contribution in [2.45, 2.75) is 32.0 Å². The summed E-state index contributed by atoms with van der Waals surface area (Å²) in [6, 6.07) is 11.9. The fourth-order valence-electron chi connectivity index (χ4n) is 3.24. The number of alkyl halides is 5. The molecule has 0 aliphatic heterocycles. The molecule has 0 aliphatic rings. The summed E-state index contributed by atoms with van der Waals surface area (Å²) >= 11 is 6.01. The summed E-state index contributed by atoms with van der Waals surface area (Å²) in [7, 11) is 0. The third kappa shape index (κ3) is 5.89. The Kier molecular flexibility index (Phi) is 7.11. The van der Waals surface area contributed by atoms with Crippen LogP contribution < -0.4 is 4.74 Å². The maximum atomic E-state index is 13.1. The predicted molar refractivity (Wildman–Crippen MR) is 111 cm³/mol. The molecule has 2 aromatic carbocycles. The molecular weight excluding hydrogens is 439 g/mol. The number of nitrogens with one attached hydrogen (secondary N) is 1. The van der Waals surface area contributed by atoms with E-state index in [1.165, 1.54) is 12.1 Å². The van der Waals surface area contributed by atoms with E-state index in [0.717, 1.165) is 41.5 Å². The topological polar surface area (TPSA) is 28.3 Å². The van der Waals surface area contributed by atoms with Crippen molar-refractivity contribution >= 4 is 22.5 Å². The molecule has 0 spiro atoms. The van der Waals surface area contributed by atoms with Gasteiger partial charge >= 0.3 is 12.1 Å². The Morgan fingerprint density at radius 2 is 1.84 bits per heavy atom. The van der Waals surface area contributed by atoms with Crippen molar-refractivity contribution in [1.29, 1.82) is 0 Å². The average molecular weight is 461 g/mol. The number of benzene rings is 2. The molecule has 3 nitrogen and oxygen atoms in total. The summed E-state index contributed by atoms with van der Waals surface area (Å²) < 4.78 is 67.8. The summed E-state index contributed by atoms with van der Waals surface area (Å²) in [6.07, 6.45) is -2.91. The van der Waals surface area contributed by atoms with Crippen molar-refractivity contribution in [3.05, 3.63) is 64.8 Å². The van der Waals surface area contributed by atoms with Crippen LogP contribution in [0.25, 0.3) is 10.9 Å². The summed E-state index contributed by atoms with van der Waals surface area (Å²) in [6.45, 7) is 2.24. The molecule has 3 rings (SSSR count). The zero-order valence-corrected chi connectivity index (χ0v) is 17.5. The smallest absolute Gasteiger partial charge is 0.456 e. The number of fused-ring (bicyclic) bond motifs is 1. The number of aromatic amines is 1. The second-order valence-corrected chi connectivity index (χ2v) is 7.70. The fraction of sp³-hybridized carbons (Fsp3) is 0.364. The van der Waals surface area contributed by atoms with Crippen LogP contribution in [0, 0.1) is 0 Å². The van der Waals surface area contributed by atoms with Gasteiger partial charge in [-0.3, -0.25) is 4.90 Å². The summed E-state index contributed by atoms with van der Waals surface area (Å²) in [5, 5.41) is 1.76. The second kappa shape index (κ2) is 9.44. The van der Waals surface area contributed by atoms with E-state index >= 15 is 0 Å². The van der Waals surface area contributed by atoms with Crippen molar-refractivity contribution in [3.63, 3.8) is 0 Å². The van der Waals surface area contributed by atoms with Gasteiger partial charge in [0.05, 0.1) is 0 Å². The van der Waals surface area contributed by atoms with E-state index in [1.54, 1.807) is 12.1 Å². The lowest BCUT2D eigenvalue weighted by molar-refractivity contribution is -0.290. The molecule has 0 amide bonds. The number of ether oxygens (including phenoxy) is 1. The van der Waals surface area contributed by atoms with Crippen LogP contribution in [0.15, 0.2) is 48.7 Å². The van der Waals surface area contributed by atoms with E-state index in [1.807, 2.05) is 31.3 Å². The van der Waals surface area contributed by atoms with Crippen LogP contribution >= 0.6 is 11.6 Å². The van der Waals surface area contributed by atoms with Crippen LogP contribution in [-0.2, 0) is 13.0 Å². The minimum atomic E-state index is -5.64. The van der Waals surface area contributed by atoms with Crippen LogP contribution in [0.4, 0.5) is 22.0 Å². The highest BCUT2D eigenvalue weighted by Gasteiger charge is 2.58. The lowest BCUT2D eigenvalue weighted by Gasteiger charge is -2.22. The highest BCUT2D eigenvalue weighted by atomic mass is 35.5. The van der Waals surface area contributed by atoms with Gasteiger partial charge in [-0.2, -0.15) is 22.0 Å². The molecule has 3 aromatic rings. The molecule has 1 aromatic heterocycles. The van der Waals surface area contributed by atoms with Gasteiger partial charge in [-0.25, -0.2) is 0 Å². The summed E-state index contributed by atoms with van der Waals surface area (Å²) in [4.78, 5) is 5.35. The molecule has 0 bridgehead atoms. The summed E-state index contributed by atoms with van der Waals surface area (Å²) in [5.74, 6) is -4.92. The quantitative estimate of drug-likeness (QED) is 0.371. The number of rotatable bonds is 9. The van der Waals surface area contributed by atoms with Crippen LogP contribution in [-0.4, -0.2) is 41.7 Å². The van der Waals surface area contributed by atoms with E-state index in [-0.39, 0.29) is 5.75 Å². The minimum absolute atomic E-state index is 0.0222. The normalized spacial score (nSPS) is 12.6. The average Bonchev–Trinajstić information content (AvgIpc) is 3.11. The van der Waals surface area contributed by atoms with Crippen LogP contribution in [0.5, 0.6) is 5.75 Å². The first-order valence-corrected chi connectivity index (χ1v) is 10.1. The number of halogens is 6. The highest BCUT2D eigenvalue weighted by Crippen LogP contribution is 2.35. The molecule has 0 fully saturated rings. The Balaban J connectivity index is 1.60. The molecule has 1 heterocycles. The number of nitrogens with zero attached hydrogens (tertiary/aromatic N) is 1. The van der Waals surface area contributed by atoms with Crippen molar-refractivity contribution in [1.82, 2.24) is 9.88 Å². The molecule has 0 atom stereocenters.